The van der Waals surface area contributed by atoms with Crippen molar-refractivity contribution in [2.75, 3.05) is 5.88 Å². The molecule has 0 radical (unpaired) electrons. The zero-order valence-electron chi connectivity index (χ0n) is 5.93. The van der Waals surface area contributed by atoms with Gasteiger partial charge in [-0.05, 0) is 6.92 Å². The van der Waals surface area contributed by atoms with Crippen LogP contribution in [-0.2, 0) is 9.59 Å². The summed E-state index contributed by atoms with van der Waals surface area (Å²) in [5, 5.41) is 2.40. The number of halogens is 1. The number of amidine groups is 1. The van der Waals surface area contributed by atoms with Gasteiger partial charge < -0.3 is 5.32 Å². The molecule has 1 unspecified atom stereocenters. The number of hydrogen-bond acceptors (Lipinski definition) is 2. The second kappa shape index (κ2) is 3.00. The lowest BCUT2D eigenvalue weighted by Crippen LogP contribution is -2.43. The van der Waals surface area contributed by atoms with Gasteiger partial charge in [-0.3, -0.25) is 9.59 Å². The molecule has 1 aliphatic heterocycles. The first kappa shape index (κ1) is 8.20. The summed E-state index contributed by atoms with van der Waals surface area (Å²) >= 11 is 5.36. The highest BCUT2D eigenvalue weighted by atomic mass is 35.5. The Labute approximate surface area is 68.6 Å². The van der Waals surface area contributed by atoms with E-state index in [0.717, 1.165) is 0 Å². The van der Waals surface area contributed by atoms with Crippen molar-refractivity contribution in [2.24, 2.45) is 10.9 Å². The molecule has 0 saturated heterocycles. The van der Waals surface area contributed by atoms with Gasteiger partial charge >= 0.3 is 0 Å². The van der Waals surface area contributed by atoms with Crippen LogP contribution >= 0.6 is 11.6 Å². The zero-order valence-corrected chi connectivity index (χ0v) is 6.68. The van der Waals surface area contributed by atoms with E-state index in [0.29, 0.717) is 0 Å². The molecule has 4 nitrogen and oxygen atoms in total. The molecule has 0 aromatic rings. The molecule has 11 heavy (non-hydrogen) atoms. The second-order valence-electron chi connectivity index (χ2n) is 2.24. The SMILES string of the molecule is CC1C(=O)N=C(CCl)NC1=O. The minimum Gasteiger partial charge on any atom is -0.312 e. The van der Waals surface area contributed by atoms with Crippen LogP contribution in [0.15, 0.2) is 4.99 Å². The monoisotopic (exact) mass is 174 g/mol. The molecular weight excluding hydrogens is 168 g/mol. The van der Waals surface area contributed by atoms with Crippen molar-refractivity contribution < 1.29 is 9.59 Å². The maximum Gasteiger partial charge on any atom is 0.259 e. The smallest absolute Gasteiger partial charge is 0.259 e. The average Bonchev–Trinajstić information content (AvgIpc) is 1.99. The number of rotatable bonds is 1. The molecule has 60 valence electrons. The molecule has 0 aromatic heterocycles. The van der Waals surface area contributed by atoms with Gasteiger partial charge in [-0.15, -0.1) is 11.6 Å². The Morgan fingerprint density at radius 1 is 1.64 bits per heavy atom. The van der Waals surface area contributed by atoms with E-state index < -0.39 is 11.8 Å². The molecule has 5 heteroatoms. The number of aliphatic imine (C=N–C) groups is 1. The molecule has 0 aromatic carbocycles. The van der Waals surface area contributed by atoms with Crippen LogP contribution in [0.3, 0.4) is 0 Å². The van der Waals surface area contributed by atoms with Crippen LogP contribution in [0.1, 0.15) is 6.92 Å². The number of alkyl halides is 1. The fourth-order valence-corrected chi connectivity index (χ4v) is 0.810. The third-order valence-corrected chi connectivity index (χ3v) is 1.66. The quantitative estimate of drug-likeness (QED) is 0.447. The van der Waals surface area contributed by atoms with E-state index in [9.17, 15) is 9.59 Å². The van der Waals surface area contributed by atoms with Crippen molar-refractivity contribution in [1.82, 2.24) is 5.32 Å². The van der Waals surface area contributed by atoms with E-state index in [1.165, 1.54) is 6.92 Å². The summed E-state index contributed by atoms with van der Waals surface area (Å²) < 4.78 is 0. The lowest BCUT2D eigenvalue weighted by molar-refractivity contribution is -0.132. The van der Waals surface area contributed by atoms with Crippen molar-refractivity contribution in [3.05, 3.63) is 0 Å². The Kier molecular flexibility index (Phi) is 2.24. The van der Waals surface area contributed by atoms with Gasteiger partial charge in [0.1, 0.15) is 11.8 Å². The fourth-order valence-electron chi connectivity index (χ4n) is 0.684. The Balaban J connectivity index is 2.85. The highest BCUT2D eigenvalue weighted by Crippen LogP contribution is 2.03. The number of carbonyl (C=O) groups excluding carboxylic acids is 2. The Hall–Kier alpha value is -0.900. The van der Waals surface area contributed by atoms with E-state index in [-0.39, 0.29) is 17.6 Å². The van der Waals surface area contributed by atoms with Crippen molar-refractivity contribution in [3.63, 3.8) is 0 Å². The third-order valence-electron chi connectivity index (χ3n) is 1.40. The fraction of sp³-hybridized carbons (Fsp3) is 0.500. The summed E-state index contributed by atoms with van der Waals surface area (Å²) in [7, 11) is 0. The molecule has 2 amide bonds. The van der Waals surface area contributed by atoms with Crippen LogP contribution in [0.4, 0.5) is 0 Å². The van der Waals surface area contributed by atoms with Gasteiger partial charge in [-0.1, -0.05) is 0 Å². The molecule has 0 fully saturated rings. The molecule has 1 rings (SSSR count). The summed E-state index contributed by atoms with van der Waals surface area (Å²) in [5.74, 6) is -1.14. The molecule has 1 heterocycles. The lowest BCUT2D eigenvalue weighted by atomic mass is 10.1. The van der Waals surface area contributed by atoms with Crippen LogP contribution in [-0.4, -0.2) is 23.5 Å². The standard InChI is InChI=1S/C6H7ClN2O2/c1-3-5(10)8-4(2-7)9-6(3)11/h3H,2H2,1H3,(H,8,9,10,11). The van der Waals surface area contributed by atoms with E-state index in [1.807, 2.05) is 0 Å². The highest BCUT2D eigenvalue weighted by molar-refractivity contribution is 6.32. The molecule has 0 saturated carbocycles. The van der Waals surface area contributed by atoms with Crippen LogP contribution in [0, 0.1) is 5.92 Å². The zero-order chi connectivity index (χ0) is 8.43. The van der Waals surface area contributed by atoms with Gasteiger partial charge in [0.25, 0.3) is 5.91 Å². The maximum atomic E-state index is 10.9. The molecule has 0 spiro atoms. The number of hydrogen-bond donors (Lipinski definition) is 1. The number of carbonyl (C=O) groups is 2. The van der Waals surface area contributed by atoms with Gasteiger partial charge in [0.05, 0.1) is 5.88 Å². The van der Waals surface area contributed by atoms with Crippen LogP contribution in [0.2, 0.25) is 0 Å². The van der Waals surface area contributed by atoms with Crippen LogP contribution in [0.5, 0.6) is 0 Å². The van der Waals surface area contributed by atoms with Gasteiger partial charge in [-0.25, -0.2) is 0 Å². The van der Waals surface area contributed by atoms with E-state index in [1.54, 1.807) is 0 Å². The number of amides is 2. The van der Waals surface area contributed by atoms with E-state index in [2.05, 4.69) is 10.3 Å². The second-order valence-corrected chi connectivity index (χ2v) is 2.51. The molecular formula is C6H7ClN2O2. The molecule has 1 atom stereocenters. The Morgan fingerprint density at radius 3 is 2.73 bits per heavy atom. The molecule has 0 aliphatic carbocycles. The number of nitrogens with one attached hydrogen (secondary N) is 1. The van der Waals surface area contributed by atoms with Crippen molar-refractivity contribution in [1.29, 1.82) is 0 Å². The van der Waals surface area contributed by atoms with Crippen LogP contribution < -0.4 is 5.32 Å². The van der Waals surface area contributed by atoms with Crippen LogP contribution in [0.25, 0.3) is 0 Å². The van der Waals surface area contributed by atoms with E-state index in [4.69, 9.17) is 11.6 Å². The average molecular weight is 175 g/mol. The van der Waals surface area contributed by atoms with Crippen molar-refractivity contribution in [2.45, 2.75) is 6.92 Å². The van der Waals surface area contributed by atoms with E-state index >= 15 is 0 Å². The number of nitrogens with zero attached hydrogens (tertiary/aromatic N) is 1. The van der Waals surface area contributed by atoms with Gasteiger partial charge in [0, 0.05) is 0 Å². The van der Waals surface area contributed by atoms with Crippen molar-refractivity contribution >= 4 is 29.3 Å². The molecule has 1 N–H and O–H groups in total. The topological polar surface area (TPSA) is 58.5 Å². The first-order valence-corrected chi connectivity index (χ1v) is 3.67. The molecule has 1 aliphatic rings. The largest absolute Gasteiger partial charge is 0.312 e. The summed E-state index contributed by atoms with van der Waals surface area (Å²) in [4.78, 5) is 25.3. The summed E-state index contributed by atoms with van der Waals surface area (Å²) in [6, 6.07) is 0. The predicted octanol–water partition coefficient (Wildman–Crippen LogP) is -0.0838. The summed E-state index contributed by atoms with van der Waals surface area (Å²) in [5.41, 5.74) is 0. The minimum absolute atomic E-state index is 0.0597. The van der Waals surface area contributed by atoms with Crippen molar-refractivity contribution in [3.8, 4) is 0 Å². The summed E-state index contributed by atoms with van der Waals surface area (Å²) in [6.45, 7) is 1.51. The lowest BCUT2D eigenvalue weighted by Gasteiger charge is -2.14. The normalized spacial score (nSPS) is 24.5. The summed E-state index contributed by atoms with van der Waals surface area (Å²) in [6.07, 6.45) is 0. The first-order valence-electron chi connectivity index (χ1n) is 3.13. The Morgan fingerprint density at radius 2 is 2.27 bits per heavy atom. The van der Waals surface area contributed by atoms with Gasteiger partial charge in [0.2, 0.25) is 5.91 Å². The third kappa shape index (κ3) is 1.57. The predicted molar refractivity (Wildman–Crippen MR) is 40.5 cm³/mol. The molecule has 0 bridgehead atoms. The van der Waals surface area contributed by atoms with Gasteiger partial charge in [0.15, 0.2) is 0 Å². The highest BCUT2D eigenvalue weighted by Gasteiger charge is 2.26. The first-order chi connectivity index (χ1) is 5.15. The maximum absolute atomic E-state index is 10.9. The Bertz CT molecular complexity index is 237. The minimum atomic E-state index is -0.679. The van der Waals surface area contributed by atoms with Gasteiger partial charge in [-0.2, -0.15) is 4.99 Å².